The van der Waals surface area contributed by atoms with E-state index in [1.165, 1.54) is 6.07 Å². The third kappa shape index (κ3) is 3.11. The second kappa shape index (κ2) is 5.67. The first kappa shape index (κ1) is 14.0. The van der Waals surface area contributed by atoms with Gasteiger partial charge in [0, 0.05) is 16.1 Å². The van der Waals surface area contributed by atoms with Gasteiger partial charge in [-0.25, -0.2) is 4.39 Å². The Morgan fingerprint density at radius 2 is 1.84 bits per heavy atom. The molecular weight excluding hydrogens is 316 g/mol. The molecule has 2 nitrogen and oxygen atoms in total. The topological polar surface area (TPSA) is 35.2 Å². The van der Waals surface area contributed by atoms with Crippen molar-refractivity contribution in [2.75, 3.05) is 0 Å². The van der Waals surface area contributed by atoms with E-state index >= 15 is 0 Å². The number of benzene rings is 2. The van der Waals surface area contributed by atoms with Crippen molar-refractivity contribution in [1.82, 2.24) is 0 Å². The molecule has 2 aromatic carbocycles. The zero-order valence-corrected chi connectivity index (χ0v) is 11.7. The molecule has 0 aliphatic heterocycles. The summed E-state index contributed by atoms with van der Waals surface area (Å²) >= 11 is 3.10. The van der Waals surface area contributed by atoms with Crippen molar-refractivity contribution in [2.24, 2.45) is 5.73 Å². The molecule has 0 aliphatic carbocycles. The van der Waals surface area contributed by atoms with Crippen LogP contribution in [0.2, 0.25) is 0 Å². The Kier molecular flexibility index (Phi) is 4.17. The summed E-state index contributed by atoms with van der Waals surface area (Å²) in [6, 6.07) is 9.15. The molecule has 1 atom stereocenters. The molecule has 2 aromatic rings. The minimum atomic E-state index is -1.03. The zero-order valence-electron chi connectivity index (χ0n) is 10.2. The largest absolute Gasteiger partial charge is 0.454 e. The van der Waals surface area contributed by atoms with Gasteiger partial charge >= 0.3 is 0 Å². The molecule has 0 amide bonds. The van der Waals surface area contributed by atoms with E-state index in [0.717, 1.165) is 11.6 Å². The maximum absolute atomic E-state index is 13.6. The first-order chi connectivity index (χ1) is 8.99. The van der Waals surface area contributed by atoms with Crippen LogP contribution >= 0.6 is 15.9 Å². The molecule has 2 rings (SSSR count). The van der Waals surface area contributed by atoms with Crippen molar-refractivity contribution < 1.29 is 13.5 Å². The van der Waals surface area contributed by atoms with Crippen LogP contribution < -0.4 is 10.5 Å². The third-order valence-corrected chi connectivity index (χ3v) is 3.05. The fourth-order valence-corrected chi connectivity index (χ4v) is 2.08. The molecule has 19 heavy (non-hydrogen) atoms. The van der Waals surface area contributed by atoms with Gasteiger partial charge < -0.3 is 10.5 Å². The lowest BCUT2D eigenvalue weighted by Crippen LogP contribution is -2.06. The lowest BCUT2D eigenvalue weighted by atomic mass is 10.1. The highest BCUT2D eigenvalue weighted by atomic mass is 79.9. The minimum Gasteiger partial charge on any atom is -0.454 e. The molecule has 0 aromatic heterocycles. The number of para-hydroxylation sites is 1. The van der Waals surface area contributed by atoms with Gasteiger partial charge in [-0.3, -0.25) is 0 Å². The maximum Gasteiger partial charge on any atom is 0.201 e. The minimum absolute atomic E-state index is 0.181. The highest BCUT2D eigenvalue weighted by Gasteiger charge is 2.14. The normalized spacial score (nSPS) is 12.3. The highest BCUT2D eigenvalue weighted by Crippen LogP contribution is 2.32. The quantitative estimate of drug-likeness (QED) is 0.840. The van der Waals surface area contributed by atoms with Crippen LogP contribution in [0.1, 0.15) is 18.5 Å². The number of ether oxygens (including phenoxy) is 1. The summed E-state index contributed by atoms with van der Waals surface area (Å²) < 4.78 is 32.8. The molecule has 0 saturated carbocycles. The average Bonchev–Trinajstić information content (AvgIpc) is 2.35. The van der Waals surface area contributed by atoms with Crippen LogP contribution in [0.25, 0.3) is 0 Å². The molecule has 0 spiro atoms. The average molecular weight is 328 g/mol. The predicted octanol–water partition coefficient (Wildman–Crippen LogP) is 4.54. The van der Waals surface area contributed by atoms with E-state index in [4.69, 9.17) is 10.5 Å². The standard InChI is InChI=1S/C14H12BrF2NO/c1-8(18)10-4-2-3-5-12(10)19-13-7-9(15)6-11(16)14(13)17/h2-8H,18H2,1H3. The molecule has 5 heteroatoms. The molecule has 100 valence electrons. The summed E-state index contributed by atoms with van der Waals surface area (Å²) in [6.07, 6.45) is 0. The molecular formula is C14H12BrF2NO. The van der Waals surface area contributed by atoms with Gasteiger partial charge in [-0.2, -0.15) is 4.39 Å². The lowest BCUT2D eigenvalue weighted by Gasteiger charge is -2.14. The summed E-state index contributed by atoms with van der Waals surface area (Å²) in [6.45, 7) is 1.79. The van der Waals surface area contributed by atoms with Crippen molar-refractivity contribution in [3.05, 3.63) is 58.1 Å². The van der Waals surface area contributed by atoms with Crippen LogP contribution in [0, 0.1) is 11.6 Å². The fourth-order valence-electron chi connectivity index (χ4n) is 1.67. The van der Waals surface area contributed by atoms with Crippen LogP contribution in [0.5, 0.6) is 11.5 Å². The fraction of sp³-hybridized carbons (Fsp3) is 0.143. The summed E-state index contributed by atoms with van der Waals surface area (Å²) in [4.78, 5) is 0. The van der Waals surface area contributed by atoms with Gasteiger partial charge in [-0.05, 0) is 25.1 Å². The molecule has 0 saturated heterocycles. The second-order valence-electron chi connectivity index (χ2n) is 4.13. The monoisotopic (exact) mass is 327 g/mol. The Labute approximate surface area is 118 Å². The van der Waals surface area contributed by atoms with E-state index in [9.17, 15) is 8.78 Å². The molecule has 2 N–H and O–H groups in total. The van der Waals surface area contributed by atoms with E-state index in [0.29, 0.717) is 10.2 Å². The van der Waals surface area contributed by atoms with Crippen LogP contribution in [0.4, 0.5) is 8.78 Å². The van der Waals surface area contributed by atoms with Crippen molar-refractivity contribution >= 4 is 15.9 Å². The highest BCUT2D eigenvalue weighted by molar-refractivity contribution is 9.10. The Morgan fingerprint density at radius 3 is 2.53 bits per heavy atom. The van der Waals surface area contributed by atoms with Crippen molar-refractivity contribution in [3.8, 4) is 11.5 Å². The van der Waals surface area contributed by atoms with Gasteiger partial charge in [0.2, 0.25) is 5.82 Å². The lowest BCUT2D eigenvalue weighted by molar-refractivity contribution is 0.410. The van der Waals surface area contributed by atoms with Crippen molar-refractivity contribution in [1.29, 1.82) is 0 Å². The summed E-state index contributed by atoms with van der Waals surface area (Å²) in [7, 11) is 0. The van der Waals surface area contributed by atoms with E-state index in [1.54, 1.807) is 25.1 Å². The second-order valence-corrected chi connectivity index (χ2v) is 5.04. The number of hydrogen-bond donors (Lipinski definition) is 1. The molecule has 0 aliphatic rings. The van der Waals surface area contributed by atoms with E-state index in [2.05, 4.69) is 15.9 Å². The maximum atomic E-state index is 13.6. The van der Waals surface area contributed by atoms with Crippen LogP contribution in [-0.2, 0) is 0 Å². The van der Waals surface area contributed by atoms with Gasteiger partial charge in [0.1, 0.15) is 5.75 Å². The molecule has 0 radical (unpaired) electrons. The number of halogens is 3. The van der Waals surface area contributed by atoms with Gasteiger partial charge in [0.25, 0.3) is 0 Å². The van der Waals surface area contributed by atoms with Crippen LogP contribution in [0.3, 0.4) is 0 Å². The van der Waals surface area contributed by atoms with E-state index < -0.39 is 11.6 Å². The Morgan fingerprint density at radius 1 is 1.16 bits per heavy atom. The summed E-state index contributed by atoms with van der Waals surface area (Å²) in [5, 5.41) is 0. The van der Waals surface area contributed by atoms with Crippen LogP contribution in [0.15, 0.2) is 40.9 Å². The van der Waals surface area contributed by atoms with Crippen molar-refractivity contribution in [2.45, 2.75) is 13.0 Å². The molecule has 0 bridgehead atoms. The Balaban J connectivity index is 2.42. The zero-order chi connectivity index (χ0) is 14.0. The van der Waals surface area contributed by atoms with E-state index in [-0.39, 0.29) is 11.8 Å². The molecule has 1 unspecified atom stereocenters. The van der Waals surface area contributed by atoms with Crippen molar-refractivity contribution in [3.63, 3.8) is 0 Å². The van der Waals surface area contributed by atoms with Gasteiger partial charge in [-0.1, -0.05) is 34.1 Å². The predicted molar refractivity (Wildman–Crippen MR) is 73.2 cm³/mol. The summed E-state index contributed by atoms with van der Waals surface area (Å²) in [5.74, 6) is -1.76. The number of nitrogens with two attached hydrogens (primary N) is 1. The first-order valence-corrected chi connectivity index (χ1v) is 6.45. The van der Waals surface area contributed by atoms with Gasteiger partial charge in [0.05, 0.1) is 0 Å². The Hall–Kier alpha value is -1.46. The first-order valence-electron chi connectivity index (χ1n) is 5.66. The number of hydrogen-bond acceptors (Lipinski definition) is 2. The number of rotatable bonds is 3. The molecule has 0 heterocycles. The van der Waals surface area contributed by atoms with Gasteiger partial charge in [-0.15, -0.1) is 0 Å². The smallest absolute Gasteiger partial charge is 0.201 e. The SMILES string of the molecule is CC(N)c1ccccc1Oc1cc(Br)cc(F)c1F. The summed E-state index contributed by atoms with van der Waals surface area (Å²) in [5.41, 5.74) is 6.53. The molecule has 0 fully saturated rings. The van der Waals surface area contributed by atoms with E-state index in [1.807, 2.05) is 6.07 Å². The van der Waals surface area contributed by atoms with Gasteiger partial charge in [0.15, 0.2) is 11.6 Å². The Bertz CT molecular complexity index is 602. The third-order valence-electron chi connectivity index (χ3n) is 2.59. The van der Waals surface area contributed by atoms with Crippen LogP contribution in [-0.4, -0.2) is 0 Å².